The van der Waals surface area contributed by atoms with Crippen LogP contribution in [0.1, 0.15) is 63.3 Å². The molecule has 3 heterocycles. The highest BCUT2D eigenvalue weighted by Crippen LogP contribution is 2.41. The standard InChI is InChI=1S/C36H37F3N4O2/c1-35(2)16-8-17-36(3,22-9-6-5-7-10-22)28-20-41-34(42-28)26-19-23(11-13-27(26)37)45-33-25(12-14-29(44)43(4)21-35)24-15-18-40-32(24)30(38)31(33)39/h5-7,9-11,13,15,18-20,40H,8,12,14,16-17,21H2,1-4H3,(H,41,42). The molecule has 1 aliphatic rings. The second kappa shape index (κ2) is 11.8. The number of aryl methyl sites for hydroxylation is 1. The fourth-order valence-electron chi connectivity index (χ4n) is 6.62. The van der Waals surface area contributed by atoms with Crippen LogP contribution in [0.2, 0.25) is 0 Å². The molecule has 1 amide bonds. The van der Waals surface area contributed by atoms with E-state index < -0.39 is 22.9 Å². The number of nitrogens with zero attached hydrogens (tertiary/aromatic N) is 2. The number of rotatable bonds is 1. The Morgan fingerprint density at radius 1 is 0.956 bits per heavy atom. The van der Waals surface area contributed by atoms with Gasteiger partial charge in [0.15, 0.2) is 11.6 Å². The lowest BCUT2D eigenvalue weighted by Gasteiger charge is -2.33. The number of carbonyl (C=O) groups excluding carboxylic acids is 1. The number of aromatic nitrogens is 3. The minimum absolute atomic E-state index is 0.000413. The molecule has 1 atom stereocenters. The minimum atomic E-state index is -1.18. The van der Waals surface area contributed by atoms with E-state index in [-0.39, 0.29) is 46.7 Å². The van der Waals surface area contributed by atoms with Crippen LogP contribution in [0.5, 0.6) is 11.5 Å². The number of carbonyl (C=O) groups is 1. The fraction of sp³-hybridized carbons (Fsp3) is 0.333. The summed E-state index contributed by atoms with van der Waals surface area (Å²) in [6.07, 6.45) is 5.97. The maximum atomic E-state index is 15.6. The van der Waals surface area contributed by atoms with Crippen LogP contribution in [0.3, 0.4) is 0 Å². The van der Waals surface area contributed by atoms with Crippen molar-refractivity contribution in [2.24, 2.45) is 5.41 Å². The second-order valence-corrected chi connectivity index (χ2v) is 13.1. The number of amides is 1. The van der Waals surface area contributed by atoms with E-state index in [0.29, 0.717) is 23.3 Å². The zero-order valence-corrected chi connectivity index (χ0v) is 25.9. The van der Waals surface area contributed by atoms with Gasteiger partial charge in [0.05, 0.1) is 11.1 Å². The minimum Gasteiger partial charge on any atom is -0.454 e. The van der Waals surface area contributed by atoms with Gasteiger partial charge in [0.2, 0.25) is 11.7 Å². The number of hydrogen-bond acceptors (Lipinski definition) is 3. The molecule has 6 nitrogen and oxygen atoms in total. The Morgan fingerprint density at radius 2 is 1.73 bits per heavy atom. The average molecular weight is 615 g/mol. The van der Waals surface area contributed by atoms with Crippen molar-refractivity contribution in [2.75, 3.05) is 13.6 Å². The first kappa shape index (κ1) is 30.5. The molecule has 2 N–H and O–H groups in total. The van der Waals surface area contributed by atoms with Gasteiger partial charge in [-0.15, -0.1) is 0 Å². The van der Waals surface area contributed by atoms with E-state index in [1.165, 1.54) is 24.4 Å². The molecule has 234 valence electrons. The first-order valence-electron chi connectivity index (χ1n) is 15.3. The van der Waals surface area contributed by atoms with Crippen molar-refractivity contribution in [1.29, 1.82) is 0 Å². The Hall–Kier alpha value is -4.53. The topological polar surface area (TPSA) is 74.0 Å². The van der Waals surface area contributed by atoms with Crippen molar-refractivity contribution < 1.29 is 22.7 Å². The van der Waals surface area contributed by atoms with Gasteiger partial charge in [0.25, 0.3) is 0 Å². The van der Waals surface area contributed by atoms with Crippen LogP contribution >= 0.6 is 0 Å². The summed E-state index contributed by atoms with van der Waals surface area (Å²) >= 11 is 0. The number of hydrogen-bond donors (Lipinski definition) is 2. The number of benzene rings is 3. The maximum absolute atomic E-state index is 15.6. The van der Waals surface area contributed by atoms with Gasteiger partial charge in [-0.1, -0.05) is 50.6 Å². The van der Waals surface area contributed by atoms with E-state index in [4.69, 9.17) is 4.74 Å². The van der Waals surface area contributed by atoms with Gasteiger partial charge in [-0.25, -0.2) is 13.8 Å². The molecule has 4 bridgehead atoms. The molecule has 3 aromatic carbocycles. The first-order chi connectivity index (χ1) is 21.5. The molecule has 1 unspecified atom stereocenters. The molecule has 2 aromatic heterocycles. The predicted molar refractivity (Wildman–Crippen MR) is 169 cm³/mol. The van der Waals surface area contributed by atoms with Crippen LogP contribution in [0.4, 0.5) is 13.2 Å². The number of nitrogens with one attached hydrogen (secondary N) is 2. The molecule has 1 aliphatic heterocycles. The van der Waals surface area contributed by atoms with Gasteiger partial charge in [0, 0.05) is 54.5 Å². The third-order valence-corrected chi connectivity index (χ3v) is 9.16. The first-order valence-corrected chi connectivity index (χ1v) is 15.3. The zero-order chi connectivity index (χ0) is 31.9. The third-order valence-electron chi connectivity index (χ3n) is 9.16. The quantitative estimate of drug-likeness (QED) is 0.198. The number of imidazole rings is 1. The van der Waals surface area contributed by atoms with Gasteiger partial charge >= 0.3 is 0 Å². The van der Waals surface area contributed by atoms with E-state index in [2.05, 4.69) is 47.9 Å². The molecule has 0 spiro atoms. The summed E-state index contributed by atoms with van der Waals surface area (Å²) < 4.78 is 52.1. The molecule has 0 aliphatic carbocycles. The Kier molecular flexibility index (Phi) is 7.97. The smallest absolute Gasteiger partial charge is 0.222 e. The predicted octanol–water partition coefficient (Wildman–Crippen LogP) is 8.67. The lowest BCUT2D eigenvalue weighted by molar-refractivity contribution is -0.131. The molecule has 0 fully saturated rings. The Labute approximate surface area is 260 Å². The molecular weight excluding hydrogens is 577 g/mol. The number of H-pyrrole nitrogens is 2. The summed E-state index contributed by atoms with van der Waals surface area (Å²) in [7, 11) is 1.78. The summed E-state index contributed by atoms with van der Waals surface area (Å²) in [5.41, 5.74) is 1.77. The highest BCUT2D eigenvalue weighted by atomic mass is 19.2. The van der Waals surface area contributed by atoms with Crippen LogP contribution in [-0.4, -0.2) is 39.4 Å². The molecule has 0 saturated carbocycles. The lowest BCUT2D eigenvalue weighted by Crippen LogP contribution is -2.36. The summed E-state index contributed by atoms with van der Waals surface area (Å²) in [6, 6.07) is 15.8. The van der Waals surface area contributed by atoms with E-state index >= 15 is 13.2 Å². The van der Waals surface area contributed by atoms with Crippen molar-refractivity contribution in [3.8, 4) is 22.9 Å². The summed E-state index contributed by atoms with van der Waals surface area (Å²) in [5.74, 6) is -2.85. The number of aromatic amines is 2. The van der Waals surface area contributed by atoms with Crippen molar-refractivity contribution in [3.05, 3.63) is 101 Å². The van der Waals surface area contributed by atoms with Crippen molar-refractivity contribution in [2.45, 2.75) is 58.3 Å². The molecule has 6 rings (SSSR count). The van der Waals surface area contributed by atoms with E-state index in [1.807, 2.05) is 18.2 Å². The summed E-state index contributed by atoms with van der Waals surface area (Å²) in [6.45, 7) is 6.98. The van der Waals surface area contributed by atoms with Crippen molar-refractivity contribution >= 4 is 16.8 Å². The molecule has 9 heteroatoms. The van der Waals surface area contributed by atoms with Crippen LogP contribution in [0.15, 0.2) is 67.0 Å². The van der Waals surface area contributed by atoms with Crippen molar-refractivity contribution in [3.63, 3.8) is 0 Å². The van der Waals surface area contributed by atoms with Gasteiger partial charge < -0.3 is 19.6 Å². The van der Waals surface area contributed by atoms with E-state index in [9.17, 15) is 4.79 Å². The van der Waals surface area contributed by atoms with Crippen LogP contribution < -0.4 is 4.74 Å². The van der Waals surface area contributed by atoms with E-state index in [0.717, 1.165) is 30.5 Å². The lowest BCUT2D eigenvalue weighted by atomic mass is 9.74. The molecule has 5 aromatic rings. The SMILES string of the molecule is CN1CC(C)(C)CCCC(C)(c2ccccc2)c2cnc([nH]2)-c2cc(ccc2F)Oc2c(F)c(F)c3[nH]ccc3c2CCC1=O. The van der Waals surface area contributed by atoms with Gasteiger partial charge in [-0.05, 0) is 61.4 Å². The monoisotopic (exact) mass is 614 g/mol. The van der Waals surface area contributed by atoms with Gasteiger partial charge in [-0.3, -0.25) is 4.79 Å². The normalized spacial score (nSPS) is 19.4. The summed E-state index contributed by atoms with van der Waals surface area (Å²) in [4.78, 5) is 25.8. The molecule has 0 saturated heterocycles. The number of halogens is 3. The molecular formula is C36H37F3N4O2. The highest BCUT2D eigenvalue weighted by Gasteiger charge is 2.33. The average Bonchev–Trinajstić information content (AvgIpc) is 3.71. The molecule has 0 radical (unpaired) electrons. The van der Waals surface area contributed by atoms with Crippen molar-refractivity contribution in [1.82, 2.24) is 19.9 Å². The fourth-order valence-corrected chi connectivity index (χ4v) is 6.62. The molecule has 45 heavy (non-hydrogen) atoms. The van der Waals surface area contributed by atoms with Gasteiger partial charge in [0.1, 0.15) is 17.4 Å². The van der Waals surface area contributed by atoms with E-state index in [1.54, 1.807) is 24.2 Å². The third kappa shape index (κ3) is 5.83. The summed E-state index contributed by atoms with van der Waals surface area (Å²) in [5, 5.41) is 0.420. The zero-order valence-electron chi connectivity index (χ0n) is 25.9. The van der Waals surface area contributed by atoms with Crippen LogP contribution in [0, 0.1) is 22.9 Å². The van der Waals surface area contributed by atoms with Crippen LogP contribution in [0.25, 0.3) is 22.3 Å². The highest BCUT2D eigenvalue weighted by molar-refractivity contribution is 5.87. The van der Waals surface area contributed by atoms with Crippen LogP contribution in [-0.2, 0) is 16.6 Å². The van der Waals surface area contributed by atoms with Gasteiger partial charge in [-0.2, -0.15) is 4.39 Å². The Bertz CT molecular complexity index is 1860. The second-order valence-electron chi connectivity index (χ2n) is 13.1. The largest absolute Gasteiger partial charge is 0.454 e. The number of ether oxygens (including phenoxy) is 1. The Morgan fingerprint density at radius 3 is 2.51 bits per heavy atom. The number of fused-ring (bicyclic) bond motifs is 8. The Balaban J connectivity index is 1.49. The maximum Gasteiger partial charge on any atom is 0.222 e.